The molecule has 4 aromatic rings. The Morgan fingerprint density at radius 1 is 1.06 bits per heavy atom. The third-order valence-electron chi connectivity index (χ3n) is 4.81. The van der Waals surface area contributed by atoms with Gasteiger partial charge in [-0.15, -0.1) is 15.3 Å². The van der Waals surface area contributed by atoms with Crippen LogP contribution in [0.4, 0.5) is 4.39 Å². The number of benzene rings is 2. The van der Waals surface area contributed by atoms with Gasteiger partial charge in [0.2, 0.25) is 11.8 Å². The van der Waals surface area contributed by atoms with Crippen LogP contribution in [-0.4, -0.2) is 53.1 Å². The van der Waals surface area contributed by atoms with E-state index in [0.29, 0.717) is 34.4 Å². The molecule has 0 atom stereocenters. The summed E-state index contributed by atoms with van der Waals surface area (Å²) in [6, 6.07) is 14.7. The van der Waals surface area contributed by atoms with Crippen molar-refractivity contribution in [3.8, 4) is 28.8 Å². The average Bonchev–Trinajstić information content (AvgIpc) is 3.28. The minimum Gasteiger partial charge on any atom is -0.493 e. The number of hydrogen-bond donors (Lipinski definition) is 1. The van der Waals surface area contributed by atoms with Gasteiger partial charge in [-0.1, -0.05) is 18.2 Å². The smallest absolute Gasteiger partial charge is 0.244 e. The van der Waals surface area contributed by atoms with Crippen molar-refractivity contribution in [3.63, 3.8) is 0 Å². The molecule has 1 amide bonds. The van der Waals surface area contributed by atoms with Gasteiger partial charge in [0.1, 0.15) is 12.4 Å². The van der Waals surface area contributed by atoms with E-state index in [1.165, 1.54) is 22.7 Å². The molecule has 34 heavy (non-hydrogen) atoms. The maximum Gasteiger partial charge on any atom is 0.244 e. The minimum absolute atomic E-state index is 0.200. The first-order chi connectivity index (χ1) is 16.6. The van der Waals surface area contributed by atoms with Gasteiger partial charge in [0.15, 0.2) is 23.0 Å². The van der Waals surface area contributed by atoms with Gasteiger partial charge in [0.25, 0.3) is 0 Å². The highest BCUT2D eigenvalue weighted by molar-refractivity contribution is 5.91. The summed E-state index contributed by atoms with van der Waals surface area (Å²) in [4.78, 5) is 12.1. The SMILES string of the molecule is COc1ccc(/C=C/C(=O)NCCOc2ccc3nnc(-c4cccc(F)c4)n3n2)cc1OC. The van der Waals surface area contributed by atoms with Gasteiger partial charge < -0.3 is 19.5 Å². The molecule has 0 fully saturated rings. The maximum absolute atomic E-state index is 13.6. The second-order valence-corrected chi connectivity index (χ2v) is 7.06. The lowest BCUT2D eigenvalue weighted by molar-refractivity contribution is -0.116. The first kappa shape index (κ1) is 22.7. The summed E-state index contributed by atoms with van der Waals surface area (Å²) >= 11 is 0. The standard InChI is InChI=1S/C24H22FN5O4/c1-32-19-8-6-16(14-20(19)33-2)7-10-22(31)26-12-13-34-23-11-9-21-27-28-24(30(21)29-23)17-4-3-5-18(25)15-17/h3-11,14-15H,12-13H2,1-2H3,(H,26,31)/b10-7+. The number of carbonyl (C=O) groups excluding carboxylic acids is 1. The largest absolute Gasteiger partial charge is 0.493 e. The molecule has 2 aromatic carbocycles. The molecule has 2 heterocycles. The van der Waals surface area contributed by atoms with Crippen LogP contribution in [0.1, 0.15) is 5.56 Å². The summed E-state index contributed by atoms with van der Waals surface area (Å²) in [5, 5.41) is 15.2. The second kappa shape index (κ2) is 10.4. The number of ether oxygens (including phenoxy) is 3. The second-order valence-electron chi connectivity index (χ2n) is 7.06. The van der Waals surface area contributed by atoms with Gasteiger partial charge in [0.05, 0.1) is 20.8 Å². The number of nitrogens with zero attached hydrogens (tertiary/aromatic N) is 4. The van der Waals surface area contributed by atoms with Crippen LogP contribution < -0.4 is 19.5 Å². The number of methoxy groups -OCH3 is 2. The topological polar surface area (TPSA) is 99.9 Å². The fourth-order valence-electron chi connectivity index (χ4n) is 3.17. The molecule has 1 N–H and O–H groups in total. The normalized spacial score (nSPS) is 11.0. The van der Waals surface area contributed by atoms with Crippen molar-refractivity contribution in [2.24, 2.45) is 0 Å². The molecule has 10 heteroatoms. The van der Waals surface area contributed by atoms with Crippen LogP contribution in [0.5, 0.6) is 17.4 Å². The van der Waals surface area contributed by atoms with Crippen LogP contribution >= 0.6 is 0 Å². The average molecular weight is 463 g/mol. The van der Waals surface area contributed by atoms with E-state index in [0.717, 1.165) is 5.56 Å². The molecular weight excluding hydrogens is 441 g/mol. The molecule has 0 aliphatic heterocycles. The summed E-state index contributed by atoms with van der Waals surface area (Å²) in [7, 11) is 3.11. The number of fused-ring (bicyclic) bond motifs is 1. The van der Waals surface area contributed by atoms with Crippen molar-refractivity contribution < 1.29 is 23.4 Å². The first-order valence-electron chi connectivity index (χ1n) is 10.4. The Hall–Kier alpha value is -4.47. The van der Waals surface area contributed by atoms with E-state index in [4.69, 9.17) is 14.2 Å². The number of rotatable bonds is 9. The number of nitrogens with one attached hydrogen (secondary N) is 1. The van der Waals surface area contributed by atoms with Crippen molar-refractivity contribution in [2.45, 2.75) is 0 Å². The highest BCUT2D eigenvalue weighted by Crippen LogP contribution is 2.28. The first-order valence-corrected chi connectivity index (χ1v) is 10.4. The molecule has 0 saturated heterocycles. The molecule has 0 spiro atoms. The van der Waals surface area contributed by atoms with Crippen molar-refractivity contribution >= 4 is 17.6 Å². The molecule has 174 valence electrons. The van der Waals surface area contributed by atoms with Crippen LogP contribution in [0.25, 0.3) is 23.1 Å². The molecule has 0 saturated carbocycles. The predicted octanol–water partition coefficient (Wildman–Crippen LogP) is 3.16. The molecule has 0 aliphatic rings. The molecule has 0 bridgehead atoms. The van der Waals surface area contributed by atoms with Crippen LogP contribution in [0, 0.1) is 5.82 Å². The zero-order valence-corrected chi connectivity index (χ0v) is 18.6. The quantitative estimate of drug-likeness (QED) is 0.301. The molecule has 0 unspecified atom stereocenters. The maximum atomic E-state index is 13.6. The number of amides is 1. The molecule has 0 aliphatic carbocycles. The van der Waals surface area contributed by atoms with Crippen molar-refractivity contribution in [3.05, 3.63) is 72.1 Å². The molecule has 4 rings (SSSR count). The Morgan fingerprint density at radius 3 is 2.71 bits per heavy atom. The minimum atomic E-state index is -0.377. The highest BCUT2D eigenvalue weighted by Gasteiger charge is 2.11. The van der Waals surface area contributed by atoms with Crippen molar-refractivity contribution in [1.82, 2.24) is 25.1 Å². The fraction of sp³-hybridized carbons (Fsp3) is 0.167. The molecule has 0 radical (unpaired) electrons. The number of halogens is 1. The third-order valence-corrected chi connectivity index (χ3v) is 4.81. The van der Waals surface area contributed by atoms with E-state index >= 15 is 0 Å². The predicted molar refractivity (Wildman–Crippen MR) is 123 cm³/mol. The number of aromatic nitrogens is 4. The van der Waals surface area contributed by atoms with Crippen molar-refractivity contribution in [2.75, 3.05) is 27.4 Å². The highest BCUT2D eigenvalue weighted by atomic mass is 19.1. The zero-order chi connectivity index (χ0) is 23.9. The van der Waals surface area contributed by atoms with Gasteiger partial charge in [-0.25, -0.2) is 4.39 Å². The summed E-state index contributed by atoms with van der Waals surface area (Å²) in [5.74, 6) is 1.26. The van der Waals surface area contributed by atoms with E-state index in [1.54, 1.807) is 56.7 Å². The van der Waals surface area contributed by atoms with E-state index in [-0.39, 0.29) is 24.9 Å². The van der Waals surface area contributed by atoms with Gasteiger partial charge in [0, 0.05) is 17.7 Å². The zero-order valence-electron chi connectivity index (χ0n) is 18.6. The number of carbonyl (C=O) groups is 1. The van der Waals surface area contributed by atoms with Crippen LogP contribution in [0.3, 0.4) is 0 Å². The van der Waals surface area contributed by atoms with E-state index in [1.807, 2.05) is 6.07 Å². The Kier molecular flexibility index (Phi) is 6.97. The summed E-state index contributed by atoms with van der Waals surface area (Å²) < 4.78 is 31.1. The molecule has 9 nitrogen and oxygen atoms in total. The van der Waals surface area contributed by atoms with Crippen LogP contribution in [-0.2, 0) is 4.79 Å². The van der Waals surface area contributed by atoms with Gasteiger partial charge in [-0.2, -0.15) is 4.52 Å². The monoisotopic (exact) mass is 463 g/mol. The lowest BCUT2D eigenvalue weighted by Gasteiger charge is -2.08. The third kappa shape index (κ3) is 5.29. The molecular formula is C24H22FN5O4. The van der Waals surface area contributed by atoms with Crippen LogP contribution in [0.2, 0.25) is 0 Å². The lowest BCUT2D eigenvalue weighted by atomic mass is 10.2. The van der Waals surface area contributed by atoms with E-state index < -0.39 is 0 Å². The Labute approximate surface area is 194 Å². The Morgan fingerprint density at radius 2 is 1.91 bits per heavy atom. The summed E-state index contributed by atoms with van der Waals surface area (Å²) in [6.45, 7) is 0.472. The lowest BCUT2D eigenvalue weighted by Crippen LogP contribution is -2.26. The fourth-order valence-corrected chi connectivity index (χ4v) is 3.17. The Balaban J connectivity index is 1.32. The van der Waals surface area contributed by atoms with Gasteiger partial charge in [-0.3, -0.25) is 4.79 Å². The summed E-state index contributed by atoms with van der Waals surface area (Å²) in [6.07, 6.45) is 3.10. The Bertz CT molecular complexity index is 1340. The summed E-state index contributed by atoms with van der Waals surface area (Å²) in [5.41, 5.74) is 1.84. The molecule has 2 aromatic heterocycles. The van der Waals surface area contributed by atoms with Crippen molar-refractivity contribution in [1.29, 1.82) is 0 Å². The van der Waals surface area contributed by atoms with Gasteiger partial charge >= 0.3 is 0 Å². The van der Waals surface area contributed by atoms with E-state index in [2.05, 4.69) is 20.6 Å². The van der Waals surface area contributed by atoms with Gasteiger partial charge in [-0.05, 0) is 42.0 Å². The number of hydrogen-bond acceptors (Lipinski definition) is 7. The van der Waals surface area contributed by atoms with E-state index in [9.17, 15) is 9.18 Å². The van der Waals surface area contributed by atoms with Crippen LogP contribution in [0.15, 0.2) is 60.7 Å².